The molecule has 118 valence electrons. The first-order valence-electron chi connectivity index (χ1n) is 7.22. The molecule has 0 unspecified atom stereocenters. The van der Waals surface area contributed by atoms with Gasteiger partial charge in [0.05, 0.1) is 5.02 Å². The Morgan fingerprint density at radius 1 is 1.04 bits per heavy atom. The fourth-order valence-electron chi connectivity index (χ4n) is 2.30. The van der Waals surface area contributed by atoms with Gasteiger partial charge in [-0.15, -0.1) is 0 Å². The van der Waals surface area contributed by atoms with Crippen molar-refractivity contribution in [1.82, 2.24) is 4.98 Å². The lowest BCUT2D eigenvalue weighted by molar-refractivity contribution is 0.0914. The highest BCUT2D eigenvalue weighted by Gasteiger charge is 2.17. The number of hydrogen-bond donors (Lipinski definition) is 0. The van der Waals surface area contributed by atoms with E-state index >= 15 is 0 Å². The van der Waals surface area contributed by atoms with Gasteiger partial charge < -0.3 is 9.47 Å². The lowest BCUT2D eigenvalue weighted by atomic mass is 10.0. The number of ketones is 2. The van der Waals surface area contributed by atoms with Gasteiger partial charge in [0, 0.05) is 24.6 Å². The van der Waals surface area contributed by atoms with E-state index in [0.29, 0.717) is 35.3 Å². The first-order valence-corrected chi connectivity index (χ1v) is 7.59. The molecule has 0 saturated heterocycles. The van der Waals surface area contributed by atoms with Crippen LogP contribution in [0.1, 0.15) is 33.7 Å². The normalized spacial score (nSPS) is 12.7. The minimum absolute atomic E-state index is 0.0595. The van der Waals surface area contributed by atoms with Crippen molar-refractivity contribution in [1.29, 1.82) is 0 Å². The highest BCUT2D eigenvalue weighted by molar-refractivity contribution is 6.33. The van der Waals surface area contributed by atoms with E-state index in [9.17, 15) is 9.59 Å². The Kier molecular flexibility index (Phi) is 4.57. The van der Waals surface area contributed by atoms with Crippen LogP contribution in [0.4, 0.5) is 0 Å². The highest BCUT2D eigenvalue weighted by atomic mass is 35.5. The minimum atomic E-state index is -0.249. The van der Waals surface area contributed by atoms with E-state index in [4.69, 9.17) is 21.1 Å². The first-order chi connectivity index (χ1) is 11.1. The molecular weight excluding hydrogens is 318 g/mol. The van der Waals surface area contributed by atoms with Crippen molar-refractivity contribution < 1.29 is 19.1 Å². The lowest BCUT2D eigenvalue weighted by Crippen LogP contribution is -2.16. The number of hydrogen-bond acceptors (Lipinski definition) is 5. The molecule has 0 radical (unpaired) electrons. The Morgan fingerprint density at radius 3 is 2.57 bits per heavy atom. The zero-order chi connectivity index (χ0) is 16.2. The van der Waals surface area contributed by atoms with Crippen LogP contribution in [0.5, 0.6) is 11.5 Å². The van der Waals surface area contributed by atoms with Gasteiger partial charge >= 0.3 is 0 Å². The van der Waals surface area contributed by atoms with E-state index < -0.39 is 0 Å². The maximum absolute atomic E-state index is 12.2. The molecule has 1 aromatic carbocycles. The predicted octanol–water partition coefficient (Wildman–Crippen LogP) is 3.35. The number of rotatable bonds is 5. The number of pyridine rings is 1. The second-order valence-electron chi connectivity index (χ2n) is 5.04. The van der Waals surface area contributed by atoms with Gasteiger partial charge in [0.15, 0.2) is 23.1 Å². The van der Waals surface area contributed by atoms with Crippen molar-refractivity contribution in [2.24, 2.45) is 0 Å². The van der Waals surface area contributed by atoms with Crippen LogP contribution in [0, 0.1) is 0 Å². The number of halogens is 1. The Hall–Kier alpha value is -2.40. The standard InChI is InChI=1S/C17H14ClNO4/c18-12-2-1-7-19-17(12)14(21)5-4-13(20)11-3-6-15-16(10-11)23-9-8-22-15/h1-3,6-7,10H,4-5,8-9H2. The molecule has 5 nitrogen and oxygen atoms in total. The summed E-state index contributed by atoms with van der Waals surface area (Å²) >= 11 is 5.93. The largest absolute Gasteiger partial charge is 0.486 e. The van der Waals surface area contributed by atoms with Crippen LogP contribution < -0.4 is 9.47 Å². The number of fused-ring (bicyclic) bond motifs is 1. The van der Waals surface area contributed by atoms with Crippen molar-refractivity contribution >= 4 is 23.2 Å². The first kappa shape index (κ1) is 15.5. The SMILES string of the molecule is O=C(CCC(=O)c1ncccc1Cl)c1ccc2c(c1)OCCO2. The van der Waals surface area contributed by atoms with E-state index in [-0.39, 0.29) is 30.1 Å². The number of nitrogens with zero attached hydrogens (tertiary/aromatic N) is 1. The topological polar surface area (TPSA) is 65.5 Å². The predicted molar refractivity (Wildman–Crippen MR) is 84.6 cm³/mol. The molecule has 2 heterocycles. The molecule has 6 heteroatoms. The van der Waals surface area contributed by atoms with Crippen LogP contribution in [-0.2, 0) is 0 Å². The van der Waals surface area contributed by atoms with Crippen molar-refractivity contribution in [2.75, 3.05) is 13.2 Å². The van der Waals surface area contributed by atoms with Crippen molar-refractivity contribution in [2.45, 2.75) is 12.8 Å². The van der Waals surface area contributed by atoms with E-state index in [2.05, 4.69) is 4.98 Å². The van der Waals surface area contributed by atoms with Gasteiger partial charge in [-0.05, 0) is 30.3 Å². The van der Waals surface area contributed by atoms with Gasteiger partial charge in [-0.1, -0.05) is 11.6 Å². The summed E-state index contributed by atoms with van der Waals surface area (Å²) in [5, 5.41) is 0.296. The van der Waals surface area contributed by atoms with Crippen LogP contribution in [0.25, 0.3) is 0 Å². The summed E-state index contributed by atoms with van der Waals surface area (Å²) in [6.45, 7) is 0.959. The monoisotopic (exact) mass is 331 g/mol. The average Bonchev–Trinajstić information content (AvgIpc) is 2.59. The molecule has 0 bridgehead atoms. The lowest BCUT2D eigenvalue weighted by Gasteiger charge is -2.18. The minimum Gasteiger partial charge on any atom is -0.486 e. The quantitative estimate of drug-likeness (QED) is 0.786. The molecule has 1 aliphatic rings. The Morgan fingerprint density at radius 2 is 1.78 bits per heavy atom. The summed E-state index contributed by atoms with van der Waals surface area (Å²) in [5.74, 6) is 0.800. The molecule has 0 spiro atoms. The van der Waals surface area contributed by atoms with E-state index in [0.717, 1.165) is 0 Å². The van der Waals surface area contributed by atoms with Gasteiger partial charge in [0.25, 0.3) is 0 Å². The van der Waals surface area contributed by atoms with Gasteiger partial charge in [-0.3, -0.25) is 14.6 Å². The molecule has 23 heavy (non-hydrogen) atoms. The second-order valence-corrected chi connectivity index (χ2v) is 5.45. The van der Waals surface area contributed by atoms with Gasteiger partial charge in [-0.2, -0.15) is 0 Å². The van der Waals surface area contributed by atoms with E-state index in [1.54, 1.807) is 30.3 Å². The van der Waals surface area contributed by atoms with Gasteiger partial charge in [0.2, 0.25) is 0 Å². The third kappa shape index (κ3) is 3.51. The van der Waals surface area contributed by atoms with E-state index in [1.807, 2.05) is 0 Å². The van der Waals surface area contributed by atoms with Crippen LogP contribution in [0.2, 0.25) is 5.02 Å². The molecule has 0 aliphatic carbocycles. The summed E-state index contributed by atoms with van der Waals surface area (Å²) in [7, 11) is 0. The number of benzene rings is 1. The number of carbonyl (C=O) groups is 2. The van der Waals surface area contributed by atoms with Crippen molar-refractivity contribution in [3.8, 4) is 11.5 Å². The van der Waals surface area contributed by atoms with Gasteiger partial charge in [-0.25, -0.2) is 0 Å². The summed E-state index contributed by atoms with van der Waals surface area (Å²) in [4.78, 5) is 28.3. The number of carbonyl (C=O) groups excluding carboxylic acids is 2. The van der Waals surface area contributed by atoms with Crippen LogP contribution in [0.15, 0.2) is 36.5 Å². The summed E-state index contributed by atoms with van der Waals surface area (Å²) in [6.07, 6.45) is 1.65. The third-order valence-corrected chi connectivity index (χ3v) is 3.77. The zero-order valence-corrected chi connectivity index (χ0v) is 13.0. The smallest absolute Gasteiger partial charge is 0.183 e. The Bertz CT molecular complexity index is 760. The Labute approximate surface area is 138 Å². The molecule has 3 rings (SSSR count). The maximum Gasteiger partial charge on any atom is 0.183 e. The van der Waals surface area contributed by atoms with Crippen LogP contribution >= 0.6 is 11.6 Å². The van der Waals surface area contributed by atoms with Crippen LogP contribution in [0.3, 0.4) is 0 Å². The number of ether oxygens (including phenoxy) is 2. The fourth-order valence-corrected chi connectivity index (χ4v) is 2.52. The summed E-state index contributed by atoms with van der Waals surface area (Å²) < 4.78 is 10.9. The van der Waals surface area contributed by atoms with Gasteiger partial charge in [0.1, 0.15) is 18.9 Å². The summed E-state index contributed by atoms with van der Waals surface area (Å²) in [5.41, 5.74) is 0.693. The average molecular weight is 332 g/mol. The summed E-state index contributed by atoms with van der Waals surface area (Å²) in [6, 6.07) is 8.28. The van der Waals surface area contributed by atoms with Crippen molar-refractivity contribution in [3.63, 3.8) is 0 Å². The van der Waals surface area contributed by atoms with Crippen LogP contribution in [-0.4, -0.2) is 29.8 Å². The molecule has 0 saturated carbocycles. The number of aromatic nitrogens is 1. The molecule has 1 aliphatic heterocycles. The Balaban J connectivity index is 1.66. The molecular formula is C17H14ClNO4. The van der Waals surface area contributed by atoms with Crippen molar-refractivity contribution in [3.05, 3.63) is 52.8 Å². The molecule has 0 amide bonds. The highest BCUT2D eigenvalue weighted by Crippen LogP contribution is 2.31. The zero-order valence-electron chi connectivity index (χ0n) is 12.3. The maximum atomic E-state index is 12.2. The van der Waals surface area contributed by atoms with E-state index in [1.165, 1.54) is 6.20 Å². The fraction of sp³-hybridized carbons (Fsp3) is 0.235. The second kappa shape index (κ2) is 6.79. The molecule has 0 N–H and O–H groups in total. The molecule has 1 aromatic heterocycles. The molecule has 0 fully saturated rings. The third-order valence-electron chi connectivity index (χ3n) is 3.47. The molecule has 0 atom stereocenters. The number of Topliss-reactive ketones (excluding diaryl/α,β-unsaturated/α-hetero) is 2. The molecule has 2 aromatic rings.